The van der Waals surface area contributed by atoms with Crippen molar-refractivity contribution >= 4 is 23.0 Å². The highest BCUT2D eigenvalue weighted by Crippen LogP contribution is 2.37. The van der Waals surface area contributed by atoms with E-state index in [0.717, 1.165) is 41.3 Å². The molecule has 1 saturated heterocycles. The van der Waals surface area contributed by atoms with Crippen molar-refractivity contribution < 1.29 is 19.4 Å². The third-order valence-corrected chi connectivity index (χ3v) is 6.09. The highest BCUT2D eigenvalue weighted by Gasteiger charge is 2.28. The summed E-state index contributed by atoms with van der Waals surface area (Å²) in [5.74, 6) is 0.499. The van der Waals surface area contributed by atoms with Crippen LogP contribution in [0.3, 0.4) is 0 Å². The molecule has 0 amide bonds. The number of carboxylic acids is 1. The van der Waals surface area contributed by atoms with Crippen LogP contribution in [0, 0.1) is 5.92 Å². The van der Waals surface area contributed by atoms with Gasteiger partial charge in [-0.05, 0) is 67.1 Å². The number of hydrogen-bond donors (Lipinski definition) is 2. The summed E-state index contributed by atoms with van der Waals surface area (Å²) in [7, 11) is 0. The molecule has 6 heteroatoms. The molecule has 0 aliphatic carbocycles. The summed E-state index contributed by atoms with van der Waals surface area (Å²) < 4.78 is 11.3. The van der Waals surface area contributed by atoms with Gasteiger partial charge in [0.2, 0.25) is 0 Å². The van der Waals surface area contributed by atoms with E-state index >= 15 is 0 Å². The van der Waals surface area contributed by atoms with Gasteiger partial charge in [0.05, 0.1) is 43.7 Å². The molecule has 0 spiro atoms. The van der Waals surface area contributed by atoms with Gasteiger partial charge in [0.15, 0.2) is 0 Å². The summed E-state index contributed by atoms with van der Waals surface area (Å²) >= 11 is 0. The lowest BCUT2D eigenvalue weighted by molar-refractivity contribution is -0.137. The topological polar surface area (TPSA) is 71.0 Å². The molecule has 2 aromatic carbocycles. The number of hydrogen-bond acceptors (Lipinski definition) is 5. The molecule has 3 rings (SSSR count). The van der Waals surface area contributed by atoms with E-state index in [1.807, 2.05) is 38.1 Å². The lowest BCUT2D eigenvalue weighted by atomic mass is 9.92. The zero-order valence-electron chi connectivity index (χ0n) is 19.6. The summed E-state index contributed by atoms with van der Waals surface area (Å²) in [6.45, 7) is 11.3. The van der Waals surface area contributed by atoms with E-state index < -0.39 is 5.97 Å². The van der Waals surface area contributed by atoms with Gasteiger partial charge in [-0.1, -0.05) is 26.8 Å². The largest absolute Gasteiger partial charge is 0.494 e. The van der Waals surface area contributed by atoms with Crippen LogP contribution in [-0.4, -0.2) is 43.5 Å². The van der Waals surface area contributed by atoms with Crippen molar-refractivity contribution in [2.45, 2.75) is 52.5 Å². The Kier molecular flexibility index (Phi) is 8.39. The van der Waals surface area contributed by atoms with Crippen LogP contribution in [0.2, 0.25) is 0 Å². The molecule has 1 heterocycles. The van der Waals surface area contributed by atoms with Crippen molar-refractivity contribution in [3.8, 4) is 5.75 Å². The first-order valence-electron chi connectivity index (χ1n) is 11.6. The average Bonchev–Trinajstić information content (AvgIpc) is 2.79. The number of anilines is 3. The van der Waals surface area contributed by atoms with Crippen LogP contribution in [0.5, 0.6) is 5.75 Å². The van der Waals surface area contributed by atoms with Gasteiger partial charge in [-0.25, -0.2) is 0 Å². The summed E-state index contributed by atoms with van der Waals surface area (Å²) in [5.41, 5.74) is 4.12. The molecule has 1 fully saturated rings. The summed E-state index contributed by atoms with van der Waals surface area (Å²) in [4.78, 5) is 13.8. The predicted molar refractivity (Wildman–Crippen MR) is 129 cm³/mol. The number of carbonyl (C=O) groups is 1. The Morgan fingerprint density at radius 1 is 1.22 bits per heavy atom. The highest BCUT2D eigenvalue weighted by atomic mass is 16.5. The Morgan fingerprint density at radius 3 is 2.59 bits per heavy atom. The zero-order valence-corrected chi connectivity index (χ0v) is 19.6. The molecule has 174 valence electrons. The van der Waals surface area contributed by atoms with Crippen molar-refractivity contribution in [3.05, 3.63) is 48.0 Å². The van der Waals surface area contributed by atoms with Crippen LogP contribution in [0.4, 0.5) is 17.1 Å². The minimum Gasteiger partial charge on any atom is -0.494 e. The Hall–Kier alpha value is -2.73. The third kappa shape index (κ3) is 5.94. The standard InChI is InChI=1S/C26H36N2O4/c1-5-19(16-26(29)30)20-7-12-24(28-13-14-31-17-25(28)18(3)4)23(15-20)27-21-8-10-22(11-9-21)32-6-2/h7-12,15,18-19,25,27H,5-6,13-14,16-17H2,1-4H3,(H,29,30)/t19?,25-/m0/s1. The molecule has 2 aromatic rings. The van der Waals surface area contributed by atoms with Crippen LogP contribution in [0.25, 0.3) is 0 Å². The molecule has 2 atom stereocenters. The van der Waals surface area contributed by atoms with Crippen molar-refractivity contribution in [1.29, 1.82) is 0 Å². The molecule has 0 bridgehead atoms. The van der Waals surface area contributed by atoms with Gasteiger partial charge >= 0.3 is 5.97 Å². The van der Waals surface area contributed by atoms with Crippen LogP contribution in [0.1, 0.15) is 52.0 Å². The summed E-state index contributed by atoms with van der Waals surface area (Å²) in [6.07, 6.45) is 0.908. The van der Waals surface area contributed by atoms with Gasteiger partial charge in [0, 0.05) is 12.2 Å². The first-order valence-corrected chi connectivity index (χ1v) is 11.6. The molecule has 1 unspecified atom stereocenters. The molecule has 0 aromatic heterocycles. The second-order valence-corrected chi connectivity index (χ2v) is 8.64. The molecule has 1 aliphatic rings. The van der Waals surface area contributed by atoms with Crippen molar-refractivity contribution in [3.63, 3.8) is 0 Å². The molecule has 2 N–H and O–H groups in total. The zero-order chi connectivity index (χ0) is 23.1. The highest BCUT2D eigenvalue weighted by molar-refractivity contribution is 5.77. The maximum Gasteiger partial charge on any atom is 0.303 e. The van der Waals surface area contributed by atoms with Crippen LogP contribution < -0.4 is 15.0 Å². The molecule has 6 nitrogen and oxygen atoms in total. The number of aliphatic carboxylic acids is 1. The summed E-state index contributed by atoms with van der Waals surface area (Å²) in [5, 5.41) is 12.9. The quantitative estimate of drug-likeness (QED) is 0.497. The van der Waals surface area contributed by atoms with E-state index in [1.165, 1.54) is 0 Å². The fourth-order valence-electron chi connectivity index (χ4n) is 4.30. The van der Waals surface area contributed by atoms with Crippen molar-refractivity contribution in [1.82, 2.24) is 0 Å². The number of rotatable bonds is 10. The molecular formula is C26H36N2O4. The number of nitrogens with zero attached hydrogens (tertiary/aromatic N) is 1. The lowest BCUT2D eigenvalue weighted by Crippen LogP contribution is -2.48. The fourth-order valence-corrected chi connectivity index (χ4v) is 4.30. The number of morpholine rings is 1. The minimum atomic E-state index is -0.769. The molecule has 0 saturated carbocycles. The molecule has 1 aliphatic heterocycles. The van der Waals surface area contributed by atoms with Gasteiger partial charge in [-0.3, -0.25) is 4.79 Å². The lowest BCUT2D eigenvalue weighted by Gasteiger charge is -2.40. The number of ether oxygens (including phenoxy) is 2. The van der Waals surface area contributed by atoms with Crippen LogP contribution >= 0.6 is 0 Å². The fraction of sp³-hybridized carbons (Fsp3) is 0.500. The molecule has 32 heavy (non-hydrogen) atoms. The van der Waals surface area contributed by atoms with Gasteiger partial charge in [0.25, 0.3) is 0 Å². The Morgan fingerprint density at radius 2 is 1.97 bits per heavy atom. The second-order valence-electron chi connectivity index (χ2n) is 8.64. The van der Waals surface area contributed by atoms with Gasteiger partial charge in [0.1, 0.15) is 5.75 Å². The van der Waals surface area contributed by atoms with Crippen molar-refractivity contribution in [2.24, 2.45) is 5.92 Å². The van der Waals surface area contributed by atoms with Crippen LogP contribution in [-0.2, 0) is 9.53 Å². The number of carboxylic acid groups (broad SMARTS) is 1. The SMILES string of the molecule is CCOc1ccc(Nc2cc(C(CC)CC(=O)O)ccc2N2CCOC[C@H]2C(C)C)cc1. The van der Waals surface area contributed by atoms with E-state index in [1.54, 1.807) is 0 Å². The van der Waals surface area contributed by atoms with Crippen molar-refractivity contribution in [2.75, 3.05) is 36.6 Å². The van der Waals surface area contributed by atoms with E-state index in [9.17, 15) is 9.90 Å². The summed E-state index contributed by atoms with van der Waals surface area (Å²) in [6, 6.07) is 14.6. The Labute approximate surface area is 191 Å². The Balaban J connectivity index is 1.98. The van der Waals surface area contributed by atoms with E-state index in [4.69, 9.17) is 9.47 Å². The smallest absolute Gasteiger partial charge is 0.303 e. The molecular weight excluding hydrogens is 404 g/mol. The maximum atomic E-state index is 11.4. The van der Waals surface area contributed by atoms with Gasteiger partial charge in [-0.2, -0.15) is 0 Å². The maximum absolute atomic E-state index is 11.4. The number of nitrogens with one attached hydrogen (secondary N) is 1. The molecule has 0 radical (unpaired) electrons. The Bertz CT molecular complexity index is 882. The monoisotopic (exact) mass is 440 g/mol. The minimum absolute atomic E-state index is 0.0204. The second kappa shape index (κ2) is 11.2. The van der Waals surface area contributed by atoms with E-state index in [0.29, 0.717) is 25.7 Å². The number of benzene rings is 2. The first kappa shape index (κ1) is 23.9. The third-order valence-electron chi connectivity index (χ3n) is 6.09. The average molecular weight is 441 g/mol. The van der Waals surface area contributed by atoms with Gasteiger partial charge in [-0.15, -0.1) is 0 Å². The van der Waals surface area contributed by atoms with Gasteiger partial charge < -0.3 is 24.8 Å². The first-order chi connectivity index (χ1) is 15.4. The normalized spacial score (nSPS) is 17.3. The van der Waals surface area contributed by atoms with E-state index in [-0.39, 0.29) is 18.4 Å². The predicted octanol–water partition coefficient (Wildman–Crippen LogP) is 5.66. The van der Waals surface area contributed by atoms with E-state index in [2.05, 4.69) is 42.3 Å². The van der Waals surface area contributed by atoms with Crippen LogP contribution in [0.15, 0.2) is 42.5 Å².